The number of aromatic nitrogens is 2. The molecule has 5 amide bonds. The average molecular weight is 895 g/mol. The topological polar surface area (TPSA) is 169 Å². The molecule has 16 heteroatoms. The zero-order chi connectivity index (χ0) is 43.4. The van der Waals surface area contributed by atoms with Crippen molar-refractivity contribution in [2.24, 2.45) is 7.05 Å². The number of likely N-dealkylation sites (tertiary alicyclic amines) is 1. The molecule has 3 N–H and O–H groups in total. The van der Waals surface area contributed by atoms with E-state index in [1.54, 1.807) is 36.3 Å². The van der Waals surface area contributed by atoms with Crippen molar-refractivity contribution >= 4 is 62.5 Å². The standard InChI is InChI=1S/C45H52BrN9O6/c1-51-26-31(24-32(27-51)49-36-25-48-54(4)45(61)40(36)46)29-13-15-30(16-14-29)42(58)53(3)23-7-22-52(2)33-17-11-28(12-18-33)8-6-21-47-35-10-5-9-34-39(35)44(60)55(43(34)59)37-19-20-38(56)50-41(37)57/h5,9-18,25,31-32,37,47,49H,6-8,19-24,26-27H2,1-4H3,(H,50,56,57). The normalized spacial score (nSPS) is 19.1. The number of rotatable bonds is 15. The number of nitrogens with zero attached hydrogens (tertiary/aromatic N) is 6. The lowest BCUT2D eigenvalue weighted by molar-refractivity contribution is -0.136. The summed E-state index contributed by atoms with van der Waals surface area (Å²) in [5.74, 6) is -1.83. The van der Waals surface area contributed by atoms with Crippen LogP contribution < -0.4 is 26.4 Å². The van der Waals surface area contributed by atoms with Crippen LogP contribution in [0.15, 0.2) is 82.2 Å². The number of nitrogens with one attached hydrogen (secondary N) is 3. The Kier molecular flexibility index (Phi) is 13.3. The Labute approximate surface area is 363 Å². The molecule has 0 spiro atoms. The monoisotopic (exact) mass is 893 g/mol. The molecule has 7 rings (SSSR count). The molecule has 0 radical (unpaired) electrons. The van der Waals surface area contributed by atoms with Crippen LogP contribution in [0.2, 0.25) is 0 Å². The van der Waals surface area contributed by atoms with Gasteiger partial charge in [-0.3, -0.25) is 39.0 Å². The van der Waals surface area contributed by atoms with Gasteiger partial charge in [0.2, 0.25) is 11.8 Å². The molecule has 0 bridgehead atoms. The predicted octanol–water partition coefficient (Wildman–Crippen LogP) is 4.49. The number of benzene rings is 3. The van der Waals surface area contributed by atoms with Gasteiger partial charge in [0, 0.05) is 83.3 Å². The van der Waals surface area contributed by atoms with Crippen LogP contribution in [0.5, 0.6) is 0 Å². The Morgan fingerprint density at radius 3 is 2.39 bits per heavy atom. The maximum atomic E-state index is 13.4. The van der Waals surface area contributed by atoms with E-state index in [0.29, 0.717) is 34.5 Å². The third kappa shape index (κ3) is 9.70. The fourth-order valence-electron chi connectivity index (χ4n) is 8.49. The van der Waals surface area contributed by atoms with Crippen molar-refractivity contribution in [3.8, 4) is 0 Å². The minimum absolute atomic E-state index is 0.0118. The van der Waals surface area contributed by atoms with Crippen molar-refractivity contribution in [3.05, 3.63) is 116 Å². The first-order chi connectivity index (χ1) is 29.3. The van der Waals surface area contributed by atoms with Crippen LogP contribution in [-0.2, 0) is 23.1 Å². The summed E-state index contributed by atoms with van der Waals surface area (Å²) in [7, 11) is 7.61. The van der Waals surface area contributed by atoms with Gasteiger partial charge in [0.15, 0.2) is 0 Å². The number of amides is 5. The lowest BCUT2D eigenvalue weighted by Crippen LogP contribution is -2.54. The first-order valence-electron chi connectivity index (χ1n) is 20.7. The van der Waals surface area contributed by atoms with Gasteiger partial charge in [-0.2, -0.15) is 5.10 Å². The molecule has 3 aliphatic heterocycles. The molecule has 3 unspecified atom stereocenters. The van der Waals surface area contributed by atoms with Crippen LogP contribution in [0.4, 0.5) is 17.1 Å². The predicted molar refractivity (Wildman–Crippen MR) is 237 cm³/mol. The van der Waals surface area contributed by atoms with Crippen molar-refractivity contribution in [1.29, 1.82) is 0 Å². The second-order valence-corrected chi connectivity index (χ2v) is 17.1. The average Bonchev–Trinajstić information content (AvgIpc) is 3.51. The third-order valence-electron chi connectivity index (χ3n) is 11.8. The highest BCUT2D eigenvalue weighted by Gasteiger charge is 2.45. The van der Waals surface area contributed by atoms with Crippen molar-refractivity contribution in [2.45, 2.75) is 56.5 Å². The summed E-state index contributed by atoms with van der Waals surface area (Å²) in [6.45, 7) is 3.70. The maximum absolute atomic E-state index is 13.4. The van der Waals surface area contributed by atoms with Crippen LogP contribution in [0.1, 0.15) is 80.2 Å². The highest BCUT2D eigenvalue weighted by atomic mass is 79.9. The quantitative estimate of drug-likeness (QED) is 0.114. The number of anilines is 3. The molecule has 4 heterocycles. The second kappa shape index (κ2) is 18.8. The van der Waals surface area contributed by atoms with Crippen molar-refractivity contribution in [2.75, 3.05) is 69.4 Å². The molecule has 15 nitrogen and oxygen atoms in total. The number of carbonyl (C=O) groups is 5. The lowest BCUT2D eigenvalue weighted by atomic mass is 9.87. The second-order valence-electron chi connectivity index (χ2n) is 16.3. The van der Waals surface area contributed by atoms with E-state index in [1.165, 1.54) is 15.8 Å². The van der Waals surface area contributed by atoms with Crippen LogP contribution >= 0.6 is 15.9 Å². The lowest BCUT2D eigenvalue weighted by Gasteiger charge is -2.37. The van der Waals surface area contributed by atoms with E-state index < -0.39 is 29.7 Å². The minimum Gasteiger partial charge on any atom is -0.384 e. The van der Waals surface area contributed by atoms with Gasteiger partial charge in [-0.05, 0) is 109 Å². The fraction of sp³-hybridized carbons (Fsp3) is 0.400. The highest BCUT2D eigenvalue weighted by Crippen LogP contribution is 2.33. The number of aryl methyl sites for hydroxylation is 2. The van der Waals surface area contributed by atoms with Gasteiger partial charge in [0.1, 0.15) is 10.5 Å². The Balaban J connectivity index is 0.836. The number of hydrogen-bond acceptors (Lipinski definition) is 11. The summed E-state index contributed by atoms with van der Waals surface area (Å²) >= 11 is 3.42. The van der Waals surface area contributed by atoms with Crippen LogP contribution in [-0.4, -0.2) is 120 Å². The van der Waals surface area contributed by atoms with Crippen LogP contribution in [0, 0.1) is 0 Å². The van der Waals surface area contributed by atoms with E-state index in [0.717, 1.165) is 55.9 Å². The van der Waals surface area contributed by atoms with Gasteiger partial charge in [-0.1, -0.05) is 30.3 Å². The van der Waals surface area contributed by atoms with E-state index >= 15 is 0 Å². The van der Waals surface area contributed by atoms with Gasteiger partial charge in [-0.25, -0.2) is 4.68 Å². The number of piperidine rings is 2. The molecule has 3 aliphatic rings. The maximum Gasteiger partial charge on any atom is 0.282 e. The molecule has 2 fully saturated rings. The number of likely N-dealkylation sites (N-methyl/N-ethyl adjacent to an activating group) is 1. The van der Waals surface area contributed by atoms with E-state index in [4.69, 9.17) is 0 Å². The molecule has 0 saturated carbocycles. The van der Waals surface area contributed by atoms with Gasteiger partial charge in [0.05, 0.1) is 23.0 Å². The number of carbonyl (C=O) groups excluding carboxylic acids is 5. The Morgan fingerprint density at radius 2 is 1.66 bits per heavy atom. The molecule has 320 valence electrons. The summed E-state index contributed by atoms with van der Waals surface area (Å²) in [6.07, 6.45) is 5.13. The van der Waals surface area contributed by atoms with E-state index in [1.807, 2.05) is 26.2 Å². The highest BCUT2D eigenvalue weighted by molar-refractivity contribution is 9.10. The summed E-state index contributed by atoms with van der Waals surface area (Å²) in [5.41, 5.74) is 5.65. The first kappa shape index (κ1) is 43.2. The Hall–Kier alpha value is -5.87. The molecule has 1 aromatic heterocycles. The third-order valence-corrected chi connectivity index (χ3v) is 12.6. The molecule has 2 saturated heterocycles. The largest absolute Gasteiger partial charge is 0.384 e. The number of imide groups is 2. The summed E-state index contributed by atoms with van der Waals surface area (Å²) in [5, 5.41) is 13.2. The Bertz CT molecular complexity index is 2370. The molecule has 4 aromatic rings. The van der Waals surface area contributed by atoms with Crippen molar-refractivity contribution in [1.82, 2.24) is 29.8 Å². The SMILES string of the molecule is CN1CC(Nc2cnn(C)c(=O)c2Br)CC(c2ccc(C(=O)N(C)CCCN(C)c3ccc(CCCNc4cccc5c4C(=O)N(C4CCC(=O)NC4=O)C5=O)cc3)cc2)C1. The smallest absolute Gasteiger partial charge is 0.282 e. The van der Waals surface area contributed by atoms with Crippen LogP contribution in [0.3, 0.4) is 0 Å². The summed E-state index contributed by atoms with van der Waals surface area (Å²) < 4.78 is 1.77. The molecular weight excluding hydrogens is 842 g/mol. The zero-order valence-electron chi connectivity index (χ0n) is 34.9. The Morgan fingerprint density at radius 1 is 0.902 bits per heavy atom. The number of hydrogen-bond donors (Lipinski definition) is 3. The number of halogens is 1. The van der Waals surface area contributed by atoms with Gasteiger partial charge >= 0.3 is 0 Å². The van der Waals surface area contributed by atoms with Crippen molar-refractivity contribution < 1.29 is 24.0 Å². The van der Waals surface area contributed by atoms with Gasteiger partial charge in [-0.15, -0.1) is 0 Å². The van der Waals surface area contributed by atoms with E-state index in [-0.39, 0.29) is 47.4 Å². The number of fused-ring (bicyclic) bond motifs is 1. The molecular formula is C45H52BrN9O6. The first-order valence-corrected chi connectivity index (χ1v) is 21.5. The fourth-order valence-corrected chi connectivity index (χ4v) is 8.96. The molecule has 3 aromatic carbocycles. The summed E-state index contributed by atoms with van der Waals surface area (Å²) in [4.78, 5) is 83.5. The molecule has 61 heavy (non-hydrogen) atoms. The summed E-state index contributed by atoms with van der Waals surface area (Å²) in [6, 6.07) is 20.6. The minimum atomic E-state index is -1.00. The van der Waals surface area contributed by atoms with Crippen LogP contribution in [0.25, 0.3) is 0 Å². The molecule has 3 atom stereocenters. The van der Waals surface area contributed by atoms with Crippen molar-refractivity contribution in [3.63, 3.8) is 0 Å². The van der Waals surface area contributed by atoms with Gasteiger partial charge < -0.3 is 25.3 Å². The van der Waals surface area contributed by atoms with E-state index in [9.17, 15) is 28.8 Å². The zero-order valence-corrected chi connectivity index (χ0v) is 36.5. The van der Waals surface area contributed by atoms with E-state index in [2.05, 4.69) is 90.2 Å². The van der Waals surface area contributed by atoms with Gasteiger partial charge in [0.25, 0.3) is 23.3 Å². The molecule has 0 aliphatic carbocycles.